The number of alkyl halides is 3. The normalized spacial score (nSPS) is 12.8. The van der Waals surface area contributed by atoms with Gasteiger partial charge in [-0.25, -0.2) is 26.4 Å². The molecule has 2 rings (SSSR count). The van der Waals surface area contributed by atoms with E-state index >= 15 is 0 Å². The summed E-state index contributed by atoms with van der Waals surface area (Å²) in [4.78, 5) is -1.49. The summed E-state index contributed by atoms with van der Waals surface area (Å²) in [6.45, 7) is 0. The second-order valence-electron chi connectivity index (χ2n) is 4.79. The molecule has 0 aliphatic rings. The van der Waals surface area contributed by atoms with Gasteiger partial charge < -0.3 is 0 Å². The van der Waals surface area contributed by atoms with Crippen molar-refractivity contribution in [1.82, 2.24) is 0 Å². The van der Waals surface area contributed by atoms with Crippen molar-refractivity contribution in [3.63, 3.8) is 0 Å². The minimum atomic E-state index is -5.04. The molecular formula is C13H10F4N2O4S2. The van der Waals surface area contributed by atoms with E-state index < -0.39 is 53.1 Å². The molecule has 0 saturated heterocycles. The number of hydrogen-bond acceptors (Lipinski definition) is 4. The van der Waals surface area contributed by atoms with Crippen molar-refractivity contribution in [1.29, 1.82) is 0 Å². The Morgan fingerprint density at radius 2 is 1.48 bits per heavy atom. The van der Waals surface area contributed by atoms with Gasteiger partial charge in [-0.05, 0) is 30.3 Å². The molecule has 12 heteroatoms. The first kappa shape index (κ1) is 19.1. The number of primary sulfonamides is 1. The molecule has 0 unspecified atom stereocenters. The Bertz CT molecular complexity index is 1020. The maximum absolute atomic E-state index is 13.2. The molecule has 0 heterocycles. The van der Waals surface area contributed by atoms with Crippen molar-refractivity contribution in [3.8, 4) is 0 Å². The third kappa shape index (κ3) is 4.27. The van der Waals surface area contributed by atoms with Crippen LogP contribution in [-0.2, 0) is 26.2 Å². The van der Waals surface area contributed by atoms with Crippen LogP contribution in [0.4, 0.5) is 23.2 Å². The topological polar surface area (TPSA) is 106 Å². The van der Waals surface area contributed by atoms with Crippen LogP contribution >= 0.6 is 0 Å². The largest absolute Gasteiger partial charge is 0.419 e. The Morgan fingerprint density at radius 3 is 2.00 bits per heavy atom. The van der Waals surface area contributed by atoms with Crippen molar-refractivity contribution in [2.75, 3.05) is 4.72 Å². The van der Waals surface area contributed by atoms with E-state index in [0.717, 1.165) is 18.2 Å². The van der Waals surface area contributed by atoms with Crippen LogP contribution in [0.15, 0.2) is 52.3 Å². The van der Waals surface area contributed by atoms with Gasteiger partial charge in [0.15, 0.2) is 0 Å². The van der Waals surface area contributed by atoms with Gasteiger partial charge in [0.25, 0.3) is 10.0 Å². The molecule has 0 aromatic heterocycles. The molecule has 0 saturated carbocycles. The zero-order valence-corrected chi connectivity index (χ0v) is 13.7. The molecule has 2 aromatic rings. The summed E-state index contributed by atoms with van der Waals surface area (Å²) in [7, 11) is -9.01. The van der Waals surface area contributed by atoms with Crippen molar-refractivity contribution in [2.24, 2.45) is 5.14 Å². The summed E-state index contributed by atoms with van der Waals surface area (Å²) in [6, 6.07) is 5.72. The highest BCUT2D eigenvalue weighted by atomic mass is 32.2. The third-order valence-corrected chi connectivity index (χ3v) is 5.51. The zero-order chi connectivity index (χ0) is 19.0. The second kappa shape index (κ2) is 6.28. The van der Waals surface area contributed by atoms with Crippen LogP contribution in [0.3, 0.4) is 0 Å². The lowest BCUT2D eigenvalue weighted by Gasteiger charge is -2.13. The van der Waals surface area contributed by atoms with Gasteiger partial charge in [-0.2, -0.15) is 13.2 Å². The molecule has 136 valence electrons. The minimum absolute atomic E-state index is 0.256. The Balaban J connectivity index is 2.52. The number of benzene rings is 2. The van der Waals surface area contributed by atoms with Crippen LogP contribution in [0.2, 0.25) is 0 Å². The predicted molar refractivity (Wildman–Crippen MR) is 80.0 cm³/mol. The average molecular weight is 398 g/mol. The number of rotatable bonds is 4. The van der Waals surface area contributed by atoms with E-state index in [4.69, 9.17) is 5.14 Å². The highest BCUT2D eigenvalue weighted by Gasteiger charge is 2.34. The van der Waals surface area contributed by atoms with Gasteiger partial charge in [0.1, 0.15) is 15.6 Å². The monoisotopic (exact) mass is 398 g/mol. The van der Waals surface area contributed by atoms with E-state index in [9.17, 15) is 34.4 Å². The fraction of sp³-hybridized carbons (Fsp3) is 0.0769. The summed E-state index contributed by atoms with van der Waals surface area (Å²) < 4.78 is 101. The van der Waals surface area contributed by atoms with Crippen molar-refractivity contribution >= 4 is 25.7 Å². The van der Waals surface area contributed by atoms with Gasteiger partial charge in [0, 0.05) is 5.69 Å². The smallest absolute Gasteiger partial charge is 0.280 e. The second-order valence-corrected chi connectivity index (χ2v) is 7.97. The zero-order valence-electron chi connectivity index (χ0n) is 12.1. The molecule has 0 bridgehead atoms. The summed E-state index contributed by atoms with van der Waals surface area (Å²) in [6.07, 6.45) is -5.04. The standard InChI is InChI=1S/C13H10F4N2O4S2/c14-10-6-5-8(7-9(10)13(15,16)17)19-25(22,23)12-4-2-1-3-11(12)24(18,20)21/h1-7,19H,(H2,18,20,21). The fourth-order valence-corrected chi connectivity index (χ4v) is 4.36. The van der Waals surface area contributed by atoms with Gasteiger partial charge >= 0.3 is 6.18 Å². The molecule has 2 aromatic carbocycles. The molecular weight excluding hydrogens is 388 g/mol. The number of nitrogens with two attached hydrogens (primary N) is 1. The van der Waals surface area contributed by atoms with E-state index in [1.165, 1.54) is 12.1 Å². The van der Waals surface area contributed by atoms with Crippen molar-refractivity contribution in [2.45, 2.75) is 16.0 Å². The molecule has 0 atom stereocenters. The number of nitrogens with one attached hydrogen (secondary N) is 1. The lowest BCUT2D eigenvalue weighted by molar-refractivity contribution is -0.139. The molecule has 25 heavy (non-hydrogen) atoms. The van der Waals surface area contributed by atoms with Gasteiger partial charge in [-0.15, -0.1) is 0 Å². The van der Waals surface area contributed by atoms with Crippen LogP contribution in [0.25, 0.3) is 0 Å². The Hall–Kier alpha value is -2.18. The van der Waals surface area contributed by atoms with Gasteiger partial charge in [0.2, 0.25) is 10.0 Å². The third-order valence-electron chi connectivity index (χ3n) is 2.97. The summed E-state index contributed by atoms with van der Waals surface area (Å²) in [5.41, 5.74) is -2.27. The van der Waals surface area contributed by atoms with Crippen LogP contribution in [0, 0.1) is 5.82 Å². The summed E-state index contributed by atoms with van der Waals surface area (Å²) >= 11 is 0. The minimum Gasteiger partial charge on any atom is -0.280 e. The fourth-order valence-electron chi connectivity index (χ4n) is 1.92. The van der Waals surface area contributed by atoms with Crippen molar-refractivity contribution < 1.29 is 34.4 Å². The molecule has 3 N–H and O–H groups in total. The van der Waals surface area contributed by atoms with Gasteiger partial charge in [0.05, 0.1) is 5.56 Å². The number of halogens is 4. The van der Waals surface area contributed by atoms with E-state index in [1.807, 2.05) is 0 Å². The summed E-state index contributed by atoms with van der Waals surface area (Å²) in [5, 5.41) is 4.93. The Morgan fingerprint density at radius 1 is 0.920 bits per heavy atom. The first-order chi connectivity index (χ1) is 11.3. The summed E-state index contributed by atoms with van der Waals surface area (Å²) in [5.74, 6) is -1.58. The maximum atomic E-state index is 13.2. The first-order valence-corrected chi connectivity index (χ1v) is 9.37. The Labute approximate surface area is 140 Å². The van der Waals surface area contributed by atoms with Crippen LogP contribution < -0.4 is 9.86 Å². The molecule has 0 radical (unpaired) electrons. The highest BCUT2D eigenvalue weighted by Crippen LogP contribution is 2.33. The lowest BCUT2D eigenvalue weighted by atomic mass is 10.2. The molecule has 0 aliphatic heterocycles. The van der Waals surface area contributed by atoms with E-state index in [2.05, 4.69) is 0 Å². The molecule has 6 nitrogen and oxygen atoms in total. The van der Waals surface area contributed by atoms with E-state index in [1.54, 1.807) is 4.72 Å². The van der Waals surface area contributed by atoms with Gasteiger partial charge in [-0.3, -0.25) is 4.72 Å². The maximum Gasteiger partial charge on any atom is 0.419 e. The van der Waals surface area contributed by atoms with E-state index in [-0.39, 0.29) is 6.07 Å². The highest BCUT2D eigenvalue weighted by molar-refractivity contribution is 7.94. The van der Waals surface area contributed by atoms with Crippen LogP contribution in [-0.4, -0.2) is 16.8 Å². The quantitative estimate of drug-likeness (QED) is 0.771. The predicted octanol–water partition coefficient (Wildman–Crippen LogP) is 2.29. The number of anilines is 1. The molecule has 0 spiro atoms. The first-order valence-electron chi connectivity index (χ1n) is 6.34. The molecule has 0 fully saturated rings. The average Bonchev–Trinajstić information content (AvgIpc) is 2.47. The van der Waals surface area contributed by atoms with Crippen LogP contribution in [0.1, 0.15) is 5.56 Å². The van der Waals surface area contributed by atoms with Gasteiger partial charge in [-0.1, -0.05) is 12.1 Å². The SMILES string of the molecule is NS(=O)(=O)c1ccccc1S(=O)(=O)Nc1ccc(F)c(C(F)(F)F)c1. The number of hydrogen-bond donors (Lipinski definition) is 2. The van der Waals surface area contributed by atoms with E-state index in [0.29, 0.717) is 6.07 Å². The van der Waals surface area contributed by atoms with Crippen molar-refractivity contribution in [3.05, 3.63) is 53.8 Å². The lowest BCUT2D eigenvalue weighted by Crippen LogP contribution is -2.20. The number of sulfonamides is 2. The molecule has 0 aliphatic carbocycles. The Kier molecular flexibility index (Phi) is 4.81. The molecule has 0 amide bonds. The van der Waals surface area contributed by atoms with Crippen LogP contribution in [0.5, 0.6) is 0 Å².